The van der Waals surface area contributed by atoms with Gasteiger partial charge in [-0.05, 0) is 26.0 Å². The van der Waals surface area contributed by atoms with Crippen molar-refractivity contribution in [2.24, 2.45) is 0 Å². The number of nitrogens with one attached hydrogen (secondary N) is 1. The minimum absolute atomic E-state index is 0.195. The maximum absolute atomic E-state index is 13.8. The molecule has 0 unspecified atom stereocenters. The van der Waals surface area contributed by atoms with E-state index in [9.17, 15) is 13.6 Å². The first-order valence-corrected chi connectivity index (χ1v) is 7.21. The largest absolute Gasteiger partial charge is 0.451 e. The molecule has 118 valence electrons. The van der Waals surface area contributed by atoms with Crippen LogP contribution in [0, 0.1) is 18.6 Å². The first kappa shape index (κ1) is 15.2. The smallest absolute Gasteiger partial charge is 0.287 e. The molecule has 1 aromatic heterocycles. The molecule has 5 heteroatoms. The molecule has 0 bridgehead atoms. The lowest BCUT2D eigenvalue weighted by Crippen LogP contribution is -2.27. The van der Waals surface area contributed by atoms with Gasteiger partial charge in [0.05, 0.1) is 6.04 Å². The third-order valence-corrected chi connectivity index (χ3v) is 3.83. The number of amides is 1. The number of hydrogen-bond donors (Lipinski definition) is 1. The van der Waals surface area contributed by atoms with Crippen LogP contribution in [0.15, 0.2) is 46.9 Å². The molecular formula is C18H15F2NO2. The van der Waals surface area contributed by atoms with Gasteiger partial charge >= 0.3 is 0 Å². The van der Waals surface area contributed by atoms with Gasteiger partial charge in [-0.2, -0.15) is 0 Å². The number of hydrogen-bond acceptors (Lipinski definition) is 2. The first-order valence-electron chi connectivity index (χ1n) is 7.21. The highest BCUT2D eigenvalue weighted by molar-refractivity contribution is 5.99. The third-order valence-electron chi connectivity index (χ3n) is 3.83. The van der Waals surface area contributed by atoms with Gasteiger partial charge in [0.15, 0.2) is 5.76 Å². The summed E-state index contributed by atoms with van der Waals surface area (Å²) in [7, 11) is 0. The Morgan fingerprint density at radius 2 is 1.91 bits per heavy atom. The van der Waals surface area contributed by atoms with Gasteiger partial charge in [0.1, 0.15) is 17.2 Å². The number of para-hydroxylation sites is 1. The Morgan fingerprint density at radius 3 is 2.61 bits per heavy atom. The van der Waals surface area contributed by atoms with Gasteiger partial charge in [-0.3, -0.25) is 4.79 Å². The average molecular weight is 315 g/mol. The van der Waals surface area contributed by atoms with Crippen molar-refractivity contribution >= 4 is 16.9 Å². The molecule has 3 rings (SSSR count). The van der Waals surface area contributed by atoms with Crippen LogP contribution in [-0.4, -0.2) is 5.91 Å². The van der Waals surface area contributed by atoms with Crippen molar-refractivity contribution < 1.29 is 18.0 Å². The molecule has 0 saturated carbocycles. The van der Waals surface area contributed by atoms with E-state index in [0.717, 1.165) is 23.1 Å². The fraction of sp³-hybridized carbons (Fsp3) is 0.167. The van der Waals surface area contributed by atoms with E-state index in [1.54, 1.807) is 19.9 Å². The molecule has 0 fully saturated rings. The number of aryl methyl sites for hydroxylation is 1. The molecule has 1 atom stereocenters. The minimum Gasteiger partial charge on any atom is -0.451 e. The Hall–Kier alpha value is -2.69. The fourth-order valence-electron chi connectivity index (χ4n) is 2.58. The number of furan rings is 1. The van der Waals surface area contributed by atoms with Crippen molar-refractivity contribution in [2.45, 2.75) is 19.9 Å². The highest BCUT2D eigenvalue weighted by atomic mass is 19.1. The molecule has 3 aromatic rings. The Kier molecular flexibility index (Phi) is 3.86. The van der Waals surface area contributed by atoms with E-state index < -0.39 is 23.6 Å². The van der Waals surface area contributed by atoms with Gasteiger partial charge in [0, 0.05) is 22.6 Å². The summed E-state index contributed by atoms with van der Waals surface area (Å²) in [6.07, 6.45) is 0. The zero-order chi connectivity index (χ0) is 16.6. The van der Waals surface area contributed by atoms with Crippen LogP contribution in [0.25, 0.3) is 11.0 Å². The number of carbonyl (C=O) groups excluding carboxylic acids is 1. The van der Waals surface area contributed by atoms with Gasteiger partial charge in [-0.25, -0.2) is 8.78 Å². The molecule has 0 aliphatic heterocycles. The van der Waals surface area contributed by atoms with Crippen LogP contribution < -0.4 is 5.32 Å². The van der Waals surface area contributed by atoms with Crippen LogP contribution in [0.3, 0.4) is 0 Å². The van der Waals surface area contributed by atoms with Gasteiger partial charge < -0.3 is 9.73 Å². The Morgan fingerprint density at radius 1 is 1.17 bits per heavy atom. The molecule has 0 aliphatic rings. The van der Waals surface area contributed by atoms with Gasteiger partial charge in [-0.1, -0.05) is 24.3 Å². The van der Waals surface area contributed by atoms with E-state index in [-0.39, 0.29) is 11.3 Å². The van der Waals surface area contributed by atoms with E-state index in [4.69, 9.17) is 4.42 Å². The summed E-state index contributed by atoms with van der Waals surface area (Å²) < 4.78 is 32.3. The molecule has 0 aliphatic carbocycles. The van der Waals surface area contributed by atoms with E-state index >= 15 is 0 Å². The zero-order valence-electron chi connectivity index (χ0n) is 12.7. The lowest BCUT2D eigenvalue weighted by Gasteiger charge is -2.14. The SMILES string of the molecule is Cc1c(C(=O)N[C@@H](C)c2ccc(F)cc2F)oc2ccccc12. The summed E-state index contributed by atoms with van der Waals surface area (Å²) in [5.74, 6) is -1.59. The normalized spacial score (nSPS) is 12.3. The summed E-state index contributed by atoms with van der Waals surface area (Å²) in [6.45, 7) is 3.43. The van der Waals surface area contributed by atoms with Gasteiger partial charge in [0.25, 0.3) is 5.91 Å². The highest BCUT2D eigenvalue weighted by Gasteiger charge is 2.20. The van der Waals surface area contributed by atoms with Crippen molar-refractivity contribution in [1.82, 2.24) is 5.32 Å². The quantitative estimate of drug-likeness (QED) is 0.772. The highest BCUT2D eigenvalue weighted by Crippen LogP contribution is 2.26. The first-order chi connectivity index (χ1) is 11.0. The maximum atomic E-state index is 13.8. The molecule has 1 amide bonds. The number of halogens is 2. The standard InChI is InChI=1S/C18H15F2NO2/c1-10-13-5-3-4-6-16(13)23-17(10)18(22)21-11(2)14-8-7-12(19)9-15(14)20/h3-9,11H,1-2H3,(H,21,22)/t11-/m0/s1. The molecule has 2 aromatic carbocycles. The predicted molar refractivity (Wildman–Crippen MR) is 83.2 cm³/mol. The molecule has 0 spiro atoms. The fourth-order valence-corrected chi connectivity index (χ4v) is 2.58. The van der Waals surface area contributed by atoms with Crippen LogP contribution in [0.2, 0.25) is 0 Å². The molecule has 0 saturated heterocycles. The summed E-state index contributed by atoms with van der Waals surface area (Å²) in [5.41, 5.74) is 1.56. The summed E-state index contributed by atoms with van der Waals surface area (Å²) in [5, 5.41) is 3.54. The number of rotatable bonds is 3. The second kappa shape index (κ2) is 5.83. The third kappa shape index (κ3) is 2.82. The summed E-state index contributed by atoms with van der Waals surface area (Å²) >= 11 is 0. The molecule has 1 N–H and O–H groups in total. The zero-order valence-corrected chi connectivity index (χ0v) is 12.7. The van der Waals surface area contributed by atoms with Crippen molar-refractivity contribution in [2.75, 3.05) is 0 Å². The second-order valence-electron chi connectivity index (χ2n) is 5.41. The van der Waals surface area contributed by atoms with Crippen LogP contribution in [0.4, 0.5) is 8.78 Å². The Labute approximate surface area is 131 Å². The Balaban J connectivity index is 1.86. The number of benzene rings is 2. The summed E-state index contributed by atoms with van der Waals surface area (Å²) in [4.78, 5) is 12.4. The maximum Gasteiger partial charge on any atom is 0.287 e. The number of fused-ring (bicyclic) bond motifs is 1. The predicted octanol–water partition coefficient (Wildman–Crippen LogP) is 4.51. The molecule has 1 heterocycles. The molecule has 0 radical (unpaired) electrons. The lowest BCUT2D eigenvalue weighted by molar-refractivity contribution is 0.0912. The van der Waals surface area contributed by atoms with Crippen LogP contribution in [0.5, 0.6) is 0 Å². The molecule has 23 heavy (non-hydrogen) atoms. The second-order valence-corrected chi connectivity index (χ2v) is 5.41. The lowest BCUT2D eigenvalue weighted by atomic mass is 10.1. The van der Waals surface area contributed by atoms with E-state index in [1.165, 1.54) is 6.07 Å². The topological polar surface area (TPSA) is 42.2 Å². The van der Waals surface area contributed by atoms with Gasteiger partial charge in [-0.15, -0.1) is 0 Å². The van der Waals surface area contributed by atoms with Crippen molar-refractivity contribution in [3.05, 3.63) is 71.0 Å². The van der Waals surface area contributed by atoms with E-state index in [2.05, 4.69) is 5.32 Å². The number of carbonyl (C=O) groups is 1. The van der Waals surface area contributed by atoms with E-state index in [1.807, 2.05) is 18.2 Å². The van der Waals surface area contributed by atoms with Crippen molar-refractivity contribution in [3.63, 3.8) is 0 Å². The van der Waals surface area contributed by atoms with Gasteiger partial charge in [0.2, 0.25) is 0 Å². The van der Waals surface area contributed by atoms with Crippen LogP contribution in [0.1, 0.15) is 34.6 Å². The van der Waals surface area contributed by atoms with Crippen LogP contribution >= 0.6 is 0 Å². The van der Waals surface area contributed by atoms with Crippen molar-refractivity contribution in [1.29, 1.82) is 0 Å². The molecular weight excluding hydrogens is 300 g/mol. The van der Waals surface area contributed by atoms with Crippen molar-refractivity contribution in [3.8, 4) is 0 Å². The molecule has 3 nitrogen and oxygen atoms in total. The monoisotopic (exact) mass is 315 g/mol. The minimum atomic E-state index is -0.695. The average Bonchev–Trinajstić information content (AvgIpc) is 2.85. The Bertz CT molecular complexity index is 886. The summed E-state index contributed by atoms with van der Waals surface area (Å²) in [6, 6.07) is 10.00. The van der Waals surface area contributed by atoms with Crippen LogP contribution in [-0.2, 0) is 0 Å². The van der Waals surface area contributed by atoms with E-state index in [0.29, 0.717) is 5.58 Å².